The highest BCUT2D eigenvalue weighted by molar-refractivity contribution is 6.31. The lowest BCUT2D eigenvalue weighted by Crippen LogP contribution is -2.50. The number of hydrogen-bond acceptors (Lipinski definition) is 4. The van der Waals surface area contributed by atoms with Gasteiger partial charge in [-0.15, -0.1) is 0 Å². The minimum Gasteiger partial charge on any atom is -0.507 e. The predicted octanol–water partition coefficient (Wildman–Crippen LogP) is 7.82. The van der Waals surface area contributed by atoms with Crippen LogP contribution in [0.3, 0.4) is 0 Å². The first-order valence-electron chi connectivity index (χ1n) is 14.7. The standard InChI is InChI=1S/C37H27ClF4N2O5/c38-29-20-26(13-15-30(29)39)25-14-16-32(45)28(19-25)34(46)43-31(35(47)44-33(36(48)49)23-5-2-1-3-6-23)17-21-9-11-22(12-10-21)24-7-4-8-27(18-24)37(40,41)42/h1-16,18-20,31,33,45H,17H2,(H,43,46)(H,44,47)(H,48,49)/t31-,33-/m0/s1. The molecule has 12 heteroatoms. The number of hydrogen-bond donors (Lipinski definition) is 4. The monoisotopic (exact) mass is 690 g/mol. The number of carbonyl (C=O) groups excluding carboxylic acids is 2. The summed E-state index contributed by atoms with van der Waals surface area (Å²) in [5.41, 5.74) is 1.37. The molecular formula is C37H27ClF4N2O5. The lowest BCUT2D eigenvalue weighted by atomic mass is 9.98. The maximum Gasteiger partial charge on any atom is 0.416 e. The van der Waals surface area contributed by atoms with Crippen molar-refractivity contribution in [3.63, 3.8) is 0 Å². The number of amides is 2. The smallest absolute Gasteiger partial charge is 0.416 e. The number of rotatable bonds is 10. The fourth-order valence-corrected chi connectivity index (χ4v) is 5.32. The summed E-state index contributed by atoms with van der Waals surface area (Å²) in [7, 11) is 0. The van der Waals surface area contributed by atoms with E-state index in [1.165, 1.54) is 54.6 Å². The molecule has 2 atom stereocenters. The van der Waals surface area contributed by atoms with Gasteiger partial charge in [-0.1, -0.05) is 90.5 Å². The highest BCUT2D eigenvalue weighted by Crippen LogP contribution is 2.33. The van der Waals surface area contributed by atoms with E-state index in [1.807, 2.05) is 0 Å². The van der Waals surface area contributed by atoms with Gasteiger partial charge < -0.3 is 20.8 Å². The summed E-state index contributed by atoms with van der Waals surface area (Å²) in [4.78, 5) is 39.4. The third kappa shape index (κ3) is 8.43. The Morgan fingerprint density at radius 3 is 2.02 bits per heavy atom. The number of alkyl halides is 3. The number of carbonyl (C=O) groups is 3. The first-order valence-corrected chi connectivity index (χ1v) is 15.1. The lowest BCUT2D eigenvalue weighted by Gasteiger charge is -2.22. The molecule has 0 heterocycles. The molecule has 5 rings (SSSR count). The Morgan fingerprint density at radius 2 is 1.37 bits per heavy atom. The average molecular weight is 691 g/mol. The van der Waals surface area contributed by atoms with Gasteiger partial charge in [-0.25, -0.2) is 9.18 Å². The van der Waals surface area contributed by atoms with Gasteiger partial charge in [0.05, 0.1) is 16.1 Å². The van der Waals surface area contributed by atoms with Crippen LogP contribution in [0, 0.1) is 5.82 Å². The van der Waals surface area contributed by atoms with E-state index in [2.05, 4.69) is 10.6 Å². The summed E-state index contributed by atoms with van der Waals surface area (Å²) >= 11 is 5.92. The topological polar surface area (TPSA) is 116 Å². The van der Waals surface area contributed by atoms with Gasteiger partial charge in [-0.2, -0.15) is 13.2 Å². The number of halogens is 5. The van der Waals surface area contributed by atoms with Crippen molar-refractivity contribution in [3.05, 3.63) is 148 Å². The highest BCUT2D eigenvalue weighted by atomic mass is 35.5. The molecule has 5 aromatic carbocycles. The Bertz CT molecular complexity index is 2000. The minimum absolute atomic E-state index is 0.154. The summed E-state index contributed by atoms with van der Waals surface area (Å²) in [6, 6.07) is 24.2. The third-order valence-corrected chi connectivity index (χ3v) is 7.99. The molecule has 250 valence electrons. The van der Waals surface area contributed by atoms with Gasteiger partial charge >= 0.3 is 12.1 Å². The van der Waals surface area contributed by atoms with Gasteiger partial charge in [0.15, 0.2) is 6.04 Å². The summed E-state index contributed by atoms with van der Waals surface area (Å²) in [5, 5.41) is 25.3. The number of benzene rings is 5. The van der Waals surface area contributed by atoms with E-state index in [9.17, 15) is 42.2 Å². The van der Waals surface area contributed by atoms with Crippen molar-refractivity contribution in [2.24, 2.45) is 0 Å². The van der Waals surface area contributed by atoms with Crippen LogP contribution >= 0.6 is 11.6 Å². The number of carboxylic acid groups (broad SMARTS) is 1. The van der Waals surface area contributed by atoms with Gasteiger partial charge in [0.1, 0.15) is 17.6 Å². The van der Waals surface area contributed by atoms with E-state index >= 15 is 0 Å². The van der Waals surface area contributed by atoms with Crippen LogP contribution in [-0.4, -0.2) is 34.0 Å². The van der Waals surface area contributed by atoms with E-state index in [0.717, 1.165) is 18.2 Å². The number of aromatic hydroxyl groups is 1. The summed E-state index contributed by atoms with van der Waals surface area (Å²) in [6.07, 6.45) is -4.68. The molecule has 4 N–H and O–H groups in total. The predicted molar refractivity (Wildman–Crippen MR) is 175 cm³/mol. The molecule has 2 amide bonds. The van der Waals surface area contributed by atoms with E-state index in [1.54, 1.807) is 42.5 Å². The Morgan fingerprint density at radius 1 is 0.735 bits per heavy atom. The Kier molecular flexibility index (Phi) is 10.3. The van der Waals surface area contributed by atoms with Crippen molar-refractivity contribution in [3.8, 4) is 28.0 Å². The Balaban J connectivity index is 1.44. The van der Waals surface area contributed by atoms with Crippen molar-refractivity contribution in [1.29, 1.82) is 0 Å². The molecule has 0 saturated carbocycles. The van der Waals surface area contributed by atoms with Crippen molar-refractivity contribution in [1.82, 2.24) is 10.6 Å². The summed E-state index contributed by atoms with van der Waals surface area (Å²) in [5.74, 6) is -4.15. The molecule has 0 spiro atoms. The number of carboxylic acids is 1. The van der Waals surface area contributed by atoms with Crippen LogP contribution in [0.15, 0.2) is 115 Å². The Labute approximate surface area is 282 Å². The second kappa shape index (κ2) is 14.6. The molecule has 0 aliphatic heterocycles. The third-order valence-electron chi connectivity index (χ3n) is 7.70. The number of phenolic OH excluding ortho intramolecular Hbond substituents is 1. The molecule has 0 aromatic heterocycles. The van der Waals surface area contributed by atoms with Crippen LogP contribution in [0.2, 0.25) is 5.02 Å². The molecule has 0 unspecified atom stereocenters. The second-order valence-corrected chi connectivity index (χ2v) is 11.5. The van der Waals surface area contributed by atoms with Gasteiger partial charge in [0, 0.05) is 6.42 Å². The second-order valence-electron chi connectivity index (χ2n) is 11.1. The summed E-state index contributed by atoms with van der Waals surface area (Å²) in [6.45, 7) is 0. The van der Waals surface area contributed by atoms with Crippen LogP contribution in [0.4, 0.5) is 17.6 Å². The van der Waals surface area contributed by atoms with Gasteiger partial charge in [0.2, 0.25) is 5.91 Å². The number of phenols is 1. The zero-order valence-electron chi connectivity index (χ0n) is 25.3. The molecule has 0 radical (unpaired) electrons. The molecular weight excluding hydrogens is 664 g/mol. The lowest BCUT2D eigenvalue weighted by molar-refractivity contribution is -0.142. The quantitative estimate of drug-likeness (QED) is 0.112. The maximum absolute atomic E-state index is 13.7. The number of nitrogens with one attached hydrogen (secondary N) is 2. The summed E-state index contributed by atoms with van der Waals surface area (Å²) < 4.78 is 53.5. The van der Waals surface area contributed by atoms with Crippen molar-refractivity contribution >= 4 is 29.4 Å². The van der Waals surface area contributed by atoms with Crippen molar-refractivity contribution in [2.75, 3.05) is 0 Å². The van der Waals surface area contributed by atoms with Crippen molar-refractivity contribution in [2.45, 2.75) is 24.7 Å². The molecule has 0 aliphatic rings. The molecule has 0 saturated heterocycles. The molecule has 49 heavy (non-hydrogen) atoms. The first-order chi connectivity index (χ1) is 23.3. The van der Waals surface area contributed by atoms with Gasteiger partial charge in [-0.3, -0.25) is 9.59 Å². The zero-order valence-corrected chi connectivity index (χ0v) is 26.1. The van der Waals surface area contributed by atoms with Gasteiger partial charge in [0.25, 0.3) is 5.91 Å². The highest BCUT2D eigenvalue weighted by Gasteiger charge is 2.31. The molecule has 0 fully saturated rings. The maximum atomic E-state index is 13.7. The number of aliphatic carboxylic acids is 1. The fourth-order valence-electron chi connectivity index (χ4n) is 5.14. The largest absolute Gasteiger partial charge is 0.507 e. The first kappa shape index (κ1) is 34.6. The molecule has 0 bridgehead atoms. The molecule has 5 aromatic rings. The van der Waals surface area contributed by atoms with Crippen LogP contribution < -0.4 is 10.6 Å². The van der Waals surface area contributed by atoms with Gasteiger partial charge in [-0.05, 0) is 69.8 Å². The van der Waals surface area contributed by atoms with Crippen LogP contribution in [0.1, 0.15) is 33.1 Å². The van der Waals surface area contributed by atoms with Crippen LogP contribution in [-0.2, 0) is 22.2 Å². The Hall–Kier alpha value is -5.68. The van der Waals surface area contributed by atoms with E-state index in [-0.39, 0.29) is 22.6 Å². The van der Waals surface area contributed by atoms with E-state index in [0.29, 0.717) is 27.8 Å². The SMILES string of the molecule is O=C(N[C@@H](Cc1ccc(-c2cccc(C(F)(F)F)c2)cc1)C(=O)N[C@H](C(=O)O)c1ccccc1)c1cc(-c2ccc(F)c(Cl)c2)ccc1O. The van der Waals surface area contributed by atoms with Crippen LogP contribution in [0.25, 0.3) is 22.3 Å². The fraction of sp³-hybridized carbons (Fsp3) is 0.108. The van der Waals surface area contributed by atoms with E-state index < -0.39 is 53.2 Å². The molecule has 0 aliphatic carbocycles. The zero-order chi connectivity index (χ0) is 35.3. The molecule has 7 nitrogen and oxygen atoms in total. The van der Waals surface area contributed by atoms with Crippen molar-refractivity contribution < 1.29 is 42.2 Å². The van der Waals surface area contributed by atoms with E-state index in [4.69, 9.17) is 11.6 Å². The van der Waals surface area contributed by atoms with Crippen LogP contribution in [0.5, 0.6) is 5.75 Å². The normalized spacial score (nSPS) is 12.5. The minimum atomic E-state index is -4.53. The average Bonchev–Trinajstić information content (AvgIpc) is 3.08.